The van der Waals surface area contributed by atoms with Crippen LogP contribution < -0.4 is 14.8 Å². The van der Waals surface area contributed by atoms with Crippen molar-refractivity contribution in [1.82, 2.24) is 0 Å². The average molecular weight is 310 g/mol. The molecule has 2 rings (SSSR count). The molecule has 2 aromatic rings. The lowest BCUT2D eigenvalue weighted by Gasteiger charge is -2.15. The highest BCUT2D eigenvalue weighted by Gasteiger charge is 2.19. The zero-order valence-electron chi connectivity index (χ0n) is 13.3. The van der Waals surface area contributed by atoms with Gasteiger partial charge in [0.1, 0.15) is 0 Å². The molecule has 5 nitrogen and oxygen atoms in total. The highest BCUT2D eigenvalue weighted by Crippen LogP contribution is 2.33. The molecule has 0 heterocycles. The number of nitrogens with one attached hydrogen (secondary N) is 1. The molecular weight excluding hydrogens is 292 g/mol. The summed E-state index contributed by atoms with van der Waals surface area (Å²) in [6, 6.07) is 12.5. The number of nitrogens with zero attached hydrogens (tertiary/aromatic N) is 1. The maximum absolute atomic E-state index is 12.6. The van der Waals surface area contributed by atoms with Crippen LogP contribution in [0.5, 0.6) is 11.5 Å². The number of nitriles is 1. The average Bonchev–Trinajstić information content (AvgIpc) is 2.57. The quantitative estimate of drug-likeness (QED) is 0.917. The van der Waals surface area contributed by atoms with Crippen molar-refractivity contribution in [2.45, 2.75) is 13.8 Å². The van der Waals surface area contributed by atoms with Crippen LogP contribution in [0.15, 0.2) is 36.4 Å². The van der Waals surface area contributed by atoms with Crippen molar-refractivity contribution in [2.75, 3.05) is 19.0 Å². The number of benzene rings is 2. The molecule has 0 fully saturated rings. The minimum atomic E-state index is -0.349. The molecule has 1 N–H and O–H groups in total. The summed E-state index contributed by atoms with van der Waals surface area (Å²) < 4.78 is 10.8. The summed E-state index contributed by atoms with van der Waals surface area (Å²) in [6.45, 7) is 4.11. The number of amides is 1. The molecule has 0 aliphatic rings. The summed E-state index contributed by atoms with van der Waals surface area (Å²) in [6.07, 6.45) is 0. The smallest absolute Gasteiger partial charge is 0.259 e. The lowest BCUT2D eigenvalue weighted by atomic mass is 10.1. The first-order valence-corrected chi connectivity index (χ1v) is 7.22. The Kier molecular flexibility index (Phi) is 5.21. The Balaban J connectivity index is 2.46. The summed E-state index contributed by atoms with van der Waals surface area (Å²) in [5.74, 6) is 0.346. The maximum Gasteiger partial charge on any atom is 0.259 e. The number of carbonyl (C=O) groups is 1. The van der Waals surface area contributed by atoms with Crippen molar-refractivity contribution in [3.8, 4) is 17.6 Å². The van der Waals surface area contributed by atoms with Gasteiger partial charge in [0, 0.05) is 11.8 Å². The summed E-state index contributed by atoms with van der Waals surface area (Å²) in [5, 5.41) is 12.0. The first-order valence-electron chi connectivity index (χ1n) is 7.22. The van der Waals surface area contributed by atoms with Gasteiger partial charge in [-0.05, 0) is 31.5 Å². The molecule has 1 amide bonds. The molecule has 2 aromatic carbocycles. The van der Waals surface area contributed by atoms with Crippen LogP contribution in [0.3, 0.4) is 0 Å². The van der Waals surface area contributed by atoms with Crippen LogP contribution in [0.2, 0.25) is 0 Å². The third-order valence-electron chi connectivity index (χ3n) is 3.33. The third-order valence-corrected chi connectivity index (χ3v) is 3.33. The van der Waals surface area contributed by atoms with Crippen LogP contribution >= 0.6 is 0 Å². The van der Waals surface area contributed by atoms with Gasteiger partial charge in [-0.25, -0.2) is 0 Å². The fraction of sp³-hybridized carbons (Fsp3) is 0.222. The van der Waals surface area contributed by atoms with Gasteiger partial charge in [0.2, 0.25) is 0 Å². The maximum atomic E-state index is 12.6. The molecule has 5 heteroatoms. The molecule has 0 radical (unpaired) electrons. The predicted octanol–water partition coefficient (Wildman–Crippen LogP) is 3.53. The van der Waals surface area contributed by atoms with Crippen LogP contribution in [0.1, 0.15) is 28.4 Å². The molecule has 0 spiro atoms. The predicted molar refractivity (Wildman–Crippen MR) is 88.0 cm³/mol. The number of anilines is 1. The molecular formula is C18H18N2O3. The van der Waals surface area contributed by atoms with E-state index in [1.54, 1.807) is 6.07 Å². The monoisotopic (exact) mass is 310 g/mol. The van der Waals surface area contributed by atoms with Gasteiger partial charge in [0.15, 0.2) is 11.5 Å². The molecule has 0 bridgehead atoms. The number of carbonyl (C=O) groups excluding carboxylic acids is 1. The third kappa shape index (κ3) is 3.61. The van der Waals surface area contributed by atoms with E-state index in [0.29, 0.717) is 29.4 Å². The lowest BCUT2D eigenvalue weighted by molar-refractivity contribution is 0.102. The number of para-hydroxylation sites is 1. The van der Waals surface area contributed by atoms with Gasteiger partial charge < -0.3 is 14.8 Å². The van der Waals surface area contributed by atoms with Crippen molar-refractivity contribution < 1.29 is 14.3 Å². The highest BCUT2D eigenvalue weighted by atomic mass is 16.5. The Bertz CT molecular complexity index is 763. The normalized spacial score (nSPS) is 9.83. The van der Waals surface area contributed by atoms with E-state index in [1.807, 2.05) is 44.2 Å². The van der Waals surface area contributed by atoms with Gasteiger partial charge in [-0.3, -0.25) is 4.79 Å². The number of aryl methyl sites for hydroxylation is 1. The van der Waals surface area contributed by atoms with Crippen molar-refractivity contribution in [1.29, 1.82) is 5.26 Å². The minimum absolute atomic E-state index is 0.269. The fourth-order valence-electron chi connectivity index (χ4n) is 2.18. The van der Waals surface area contributed by atoms with Crippen molar-refractivity contribution in [3.05, 3.63) is 53.1 Å². The molecule has 23 heavy (non-hydrogen) atoms. The summed E-state index contributed by atoms with van der Waals surface area (Å²) in [4.78, 5) is 12.6. The molecule has 0 saturated carbocycles. The van der Waals surface area contributed by atoms with Gasteiger partial charge >= 0.3 is 0 Å². The van der Waals surface area contributed by atoms with Crippen molar-refractivity contribution in [3.63, 3.8) is 0 Å². The van der Waals surface area contributed by atoms with Gasteiger partial charge in [-0.1, -0.05) is 18.2 Å². The van der Waals surface area contributed by atoms with E-state index in [0.717, 1.165) is 5.56 Å². The molecule has 0 aliphatic heterocycles. The first kappa shape index (κ1) is 16.4. The Morgan fingerprint density at radius 1 is 1.30 bits per heavy atom. The van der Waals surface area contributed by atoms with Crippen LogP contribution in [0.25, 0.3) is 0 Å². The SMILES string of the molecule is CCOc1c(OC)cc(C#N)cc1C(=O)Nc1ccccc1C. The van der Waals surface area contributed by atoms with Gasteiger partial charge in [-0.15, -0.1) is 0 Å². The number of hydrogen-bond acceptors (Lipinski definition) is 4. The molecule has 0 atom stereocenters. The van der Waals surface area contributed by atoms with E-state index < -0.39 is 0 Å². The lowest BCUT2D eigenvalue weighted by Crippen LogP contribution is -2.15. The Morgan fingerprint density at radius 2 is 2.04 bits per heavy atom. The van der Waals surface area contributed by atoms with Gasteiger partial charge in [-0.2, -0.15) is 5.26 Å². The highest BCUT2D eigenvalue weighted by molar-refractivity contribution is 6.07. The Morgan fingerprint density at radius 3 is 2.65 bits per heavy atom. The summed E-state index contributed by atoms with van der Waals surface area (Å²) in [7, 11) is 1.47. The molecule has 0 aliphatic carbocycles. The van der Waals surface area contributed by atoms with Gasteiger partial charge in [0.25, 0.3) is 5.91 Å². The van der Waals surface area contributed by atoms with Crippen LogP contribution in [0.4, 0.5) is 5.69 Å². The van der Waals surface area contributed by atoms with E-state index >= 15 is 0 Å². The molecule has 0 aromatic heterocycles. The van der Waals surface area contributed by atoms with E-state index in [9.17, 15) is 4.79 Å². The van der Waals surface area contributed by atoms with Crippen LogP contribution in [-0.2, 0) is 0 Å². The number of methoxy groups -OCH3 is 1. The van der Waals surface area contributed by atoms with E-state index in [-0.39, 0.29) is 11.5 Å². The van der Waals surface area contributed by atoms with E-state index in [4.69, 9.17) is 14.7 Å². The Labute approximate surface area is 135 Å². The molecule has 0 saturated heterocycles. The summed E-state index contributed by atoms with van der Waals surface area (Å²) in [5.41, 5.74) is 2.26. The number of ether oxygens (including phenoxy) is 2. The van der Waals surface area contributed by atoms with Crippen LogP contribution in [-0.4, -0.2) is 19.6 Å². The summed E-state index contributed by atoms with van der Waals surface area (Å²) >= 11 is 0. The minimum Gasteiger partial charge on any atom is -0.493 e. The number of hydrogen-bond donors (Lipinski definition) is 1. The Hall–Kier alpha value is -3.00. The standard InChI is InChI=1S/C18H18N2O3/c1-4-23-17-14(9-13(11-19)10-16(17)22-3)18(21)20-15-8-6-5-7-12(15)2/h5-10H,4H2,1-3H3,(H,20,21). The molecule has 0 unspecified atom stereocenters. The second-order valence-electron chi connectivity index (χ2n) is 4.87. The van der Waals surface area contributed by atoms with Gasteiger partial charge in [0.05, 0.1) is 30.9 Å². The topological polar surface area (TPSA) is 71.3 Å². The van der Waals surface area contributed by atoms with Crippen molar-refractivity contribution >= 4 is 11.6 Å². The number of rotatable bonds is 5. The second-order valence-corrected chi connectivity index (χ2v) is 4.87. The largest absolute Gasteiger partial charge is 0.493 e. The molecule has 118 valence electrons. The second kappa shape index (κ2) is 7.32. The first-order chi connectivity index (χ1) is 11.1. The van der Waals surface area contributed by atoms with E-state index in [2.05, 4.69) is 5.32 Å². The zero-order chi connectivity index (χ0) is 16.8. The van der Waals surface area contributed by atoms with Crippen LogP contribution in [0, 0.1) is 18.3 Å². The zero-order valence-corrected chi connectivity index (χ0v) is 13.3. The van der Waals surface area contributed by atoms with E-state index in [1.165, 1.54) is 13.2 Å². The fourth-order valence-corrected chi connectivity index (χ4v) is 2.18. The van der Waals surface area contributed by atoms with Crippen molar-refractivity contribution in [2.24, 2.45) is 0 Å².